The highest BCUT2D eigenvalue weighted by molar-refractivity contribution is 5.85. The first-order valence-corrected chi connectivity index (χ1v) is 6.38. The first kappa shape index (κ1) is 14.0. The van der Waals surface area contributed by atoms with Crippen molar-refractivity contribution in [2.75, 3.05) is 6.61 Å². The van der Waals surface area contributed by atoms with Gasteiger partial charge in [0.05, 0.1) is 11.5 Å². The molecular weight excluding hydrogens is 262 g/mol. The SMILES string of the molecule is O=C(O)C=Cc1ccc([N+](=O)[O-])c(OCCC2CC2)c1. The van der Waals surface area contributed by atoms with Crippen molar-refractivity contribution in [2.45, 2.75) is 19.3 Å². The summed E-state index contributed by atoms with van der Waals surface area (Å²) in [6.45, 7) is 0.442. The maximum Gasteiger partial charge on any atom is 0.328 e. The average molecular weight is 277 g/mol. The molecule has 0 aliphatic heterocycles. The summed E-state index contributed by atoms with van der Waals surface area (Å²) < 4.78 is 5.47. The highest BCUT2D eigenvalue weighted by atomic mass is 16.6. The largest absolute Gasteiger partial charge is 0.487 e. The van der Waals surface area contributed by atoms with Crippen molar-refractivity contribution in [3.05, 3.63) is 40.0 Å². The van der Waals surface area contributed by atoms with Gasteiger partial charge in [-0.3, -0.25) is 10.1 Å². The molecule has 1 aliphatic carbocycles. The summed E-state index contributed by atoms with van der Waals surface area (Å²) in [6, 6.07) is 4.31. The van der Waals surface area contributed by atoms with Crippen LogP contribution in [-0.4, -0.2) is 22.6 Å². The van der Waals surface area contributed by atoms with Crippen molar-refractivity contribution < 1.29 is 19.6 Å². The highest BCUT2D eigenvalue weighted by Gasteiger charge is 2.22. The third-order valence-corrected chi connectivity index (χ3v) is 3.08. The molecular formula is C14H15NO5. The molecule has 0 aromatic heterocycles. The number of nitro groups is 1. The molecule has 6 heteroatoms. The van der Waals surface area contributed by atoms with Crippen molar-refractivity contribution in [1.29, 1.82) is 0 Å². The number of rotatable bonds is 7. The van der Waals surface area contributed by atoms with E-state index in [9.17, 15) is 14.9 Å². The fourth-order valence-electron chi connectivity index (χ4n) is 1.81. The topological polar surface area (TPSA) is 89.7 Å². The van der Waals surface area contributed by atoms with Gasteiger partial charge in [-0.05, 0) is 36.1 Å². The maximum atomic E-state index is 10.9. The van der Waals surface area contributed by atoms with E-state index in [1.54, 1.807) is 0 Å². The smallest absolute Gasteiger partial charge is 0.328 e. The van der Waals surface area contributed by atoms with Crippen LogP contribution in [-0.2, 0) is 4.79 Å². The first-order chi connectivity index (χ1) is 9.56. The van der Waals surface area contributed by atoms with Crippen LogP contribution in [0.25, 0.3) is 6.08 Å². The Morgan fingerprint density at radius 3 is 2.85 bits per heavy atom. The molecule has 0 amide bonds. The Hall–Kier alpha value is -2.37. The lowest BCUT2D eigenvalue weighted by Gasteiger charge is -2.07. The fourth-order valence-corrected chi connectivity index (χ4v) is 1.81. The second-order valence-corrected chi connectivity index (χ2v) is 4.74. The van der Waals surface area contributed by atoms with E-state index in [1.807, 2.05) is 0 Å². The number of nitro benzene ring substituents is 1. The van der Waals surface area contributed by atoms with Gasteiger partial charge in [-0.2, -0.15) is 0 Å². The van der Waals surface area contributed by atoms with Crippen molar-refractivity contribution >= 4 is 17.7 Å². The van der Waals surface area contributed by atoms with Gasteiger partial charge in [-0.1, -0.05) is 12.8 Å². The van der Waals surface area contributed by atoms with Crippen molar-refractivity contribution in [3.8, 4) is 5.75 Å². The summed E-state index contributed by atoms with van der Waals surface area (Å²) >= 11 is 0. The van der Waals surface area contributed by atoms with Crippen LogP contribution in [0, 0.1) is 16.0 Å². The molecule has 0 atom stereocenters. The lowest BCUT2D eigenvalue weighted by molar-refractivity contribution is -0.385. The molecule has 1 fully saturated rings. The minimum Gasteiger partial charge on any atom is -0.487 e. The molecule has 0 unspecified atom stereocenters. The van der Waals surface area contributed by atoms with E-state index in [0.717, 1.165) is 12.5 Å². The van der Waals surface area contributed by atoms with E-state index in [2.05, 4.69) is 0 Å². The highest BCUT2D eigenvalue weighted by Crippen LogP contribution is 2.33. The fraction of sp³-hybridized carbons (Fsp3) is 0.357. The minimum atomic E-state index is -1.07. The monoisotopic (exact) mass is 277 g/mol. The molecule has 1 aliphatic rings. The summed E-state index contributed by atoms with van der Waals surface area (Å²) in [5.41, 5.74) is 0.452. The van der Waals surface area contributed by atoms with Crippen LogP contribution in [0.1, 0.15) is 24.8 Å². The number of hydrogen-bond donors (Lipinski definition) is 1. The molecule has 0 radical (unpaired) electrons. The summed E-state index contributed by atoms with van der Waals surface area (Å²) in [6.07, 6.45) is 5.65. The van der Waals surface area contributed by atoms with E-state index < -0.39 is 10.9 Å². The summed E-state index contributed by atoms with van der Waals surface area (Å²) in [5, 5.41) is 19.5. The summed E-state index contributed by atoms with van der Waals surface area (Å²) in [5.74, 6) is -0.202. The van der Waals surface area contributed by atoms with E-state index in [-0.39, 0.29) is 11.4 Å². The van der Waals surface area contributed by atoms with Crippen molar-refractivity contribution in [1.82, 2.24) is 0 Å². The van der Waals surface area contributed by atoms with Gasteiger partial charge in [0, 0.05) is 12.1 Å². The summed E-state index contributed by atoms with van der Waals surface area (Å²) in [7, 11) is 0. The predicted molar refractivity (Wildman–Crippen MR) is 72.6 cm³/mol. The van der Waals surface area contributed by atoms with Gasteiger partial charge in [0.15, 0.2) is 5.75 Å². The molecule has 1 aromatic carbocycles. The third-order valence-electron chi connectivity index (χ3n) is 3.08. The Balaban J connectivity index is 2.12. The molecule has 106 valence electrons. The Morgan fingerprint density at radius 2 is 2.25 bits per heavy atom. The quantitative estimate of drug-likeness (QED) is 0.470. The zero-order chi connectivity index (χ0) is 14.5. The van der Waals surface area contributed by atoms with Crippen LogP contribution >= 0.6 is 0 Å². The number of nitrogens with zero attached hydrogens (tertiary/aromatic N) is 1. The lowest BCUT2D eigenvalue weighted by Crippen LogP contribution is -2.01. The van der Waals surface area contributed by atoms with E-state index in [4.69, 9.17) is 9.84 Å². The van der Waals surface area contributed by atoms with Crippen LogP contribution in [0.5, 0.6) is 5.75 Å². The second kappa shape index (κ2) is 6.18. The second-order valence-electron chi connectivity index (χ2n) is 4.74. The van der Waals surface area contributed by atoms with Crippen LogP contribution < -0.4 is 4.74 Å². The number of carboxylic acids is 1. The summed E-state index contributed by atoms with van der Waals surface area (Å²) in [4.78, 5) is 20.9. The molecule has 0 heterocycles. The van der Waals surface area contributed by atoms with Crippen LogP contribution in [0.15, 0.2) is 24.3 Å². The molecule has 1 aromatic rings. The van der Waals surface area contributed by atoms with Gasteiger partial charge in [-0.25, -0.2) is 4.79 Å². The molecule has 1 saturated carbocycles. The van der Waals surface area contributed by atoms with Gasteiger partial charge in [0.1, 0.15) is 0 Å². The lowest BCUT2D eigenvalue weighted by atomic mass is 10.1. The van der Waals surface area contributed by atoms with Gasteiger partial charge in [-0.15, -0.1) is 0 Å². The number of carbonyl (C=O) groups is 1. The molecule has 0 spiro atoms. The normalized spacial score (nSPS) is 14.4. The number of benzene rings is 1. The zero-order valence-electron chi connectivity index (χ0n) is 10.8. The molecule has 0 bridgehead atoms. The molecule has 6 nitrogen and oxygen atoms in total. The number of hydrogen-bond acceptors (Lipinski definition) is 4. The average Bonchev–Trinajstić information content (AvgIpc) is 3.20. The molecule has 1 N–H and O–H groups in total. The standard InChI is InChI=1S/C14H15NO5/c16-14(17)6-4-11-3-5-12(15(18)19)13(9-11)20-8-7-10-1-2-10/h3-6,9-10H,1-2,7-8H2,(H,16,17). The Labute approximate surface area is 115 Å². The van der Waals surface area contributed by atoms with Crippen LogP contribution in [0.2, 0.25) is 0 Å². The molecule has 0 saturated heterocycles. The molecule has 20 heavy (non-hydrogen) atoms. The third kappa shape index (κ3) is 4.08. The van der Waals surface area contributed by atoms with Crippen molar-refractivity contribution in [2.24, 2.45) is 5.92 Å². The van der Waals surface area contributed by atoms with Gasteiger partial charge in [0.25, 0.3) is 0 Å². The number of carboxylic acid groups (broad SMARTS) is 1. The predicted octanol–water partition coefficient (Wildman–Crippen LogP) is 2.87. The number of aliphatic carboxylic acids is 1. The zero-order valence-corrected chi connectivity index (χ0v) is 10.8. The number of ether oxygens (including phenoxy) is 1. The first-order valence-electron chi connectivity index (χ1n) is 6.38. The van der Waals surface area contributed by atoms with Gasteiger partial charge >= 0.3 is 11.7 Å². The maximum absolute atomic E-state index is 10.9. The van der Waals surface area contributed by atoms with Crippen LogP contribution in [0.3, 0.4) is 0 Å². The van der Waals surface area contributed by atoms with Crippen LogP contribution in [0.4, 0.5) is 5.69 Å². The van der Waals surface area contributed by atoms with E-state index in [1.165, 1.54) is 37.1 Å². The Bertz CT molecular complexity index is 548. The van der Waals surface area contributed by atoms with E-state index in [0.29, 0.717) is 18.1 Å². The molecule has 2 rings (SSSR count). The Morgan fingerprint density at radius 1 is 1.50 bits per heavy atom. The van der Waals surface area contributed by atoms with Gasteiger partial charge < -0.3 is 9.84 Å². The Kier molecular flexibility index (Phi) is 4.34. The van der Waals surface area contributed by atoms with Gasteiger partial charge in [0.2, 0.25) is 0 Å². The van der Waals surface area contributed by atoms with E-state index >= 15 is 0 Å². The van der Waals surface area contributed by atoms with Crippen molar-refractivity contribution in [3.63, 3.8) is 0 Å². The minimum absolute atomic E-state index is 0.103.